The number of amides is 1. The molecule has 10 nitrogen and oxygen atoms in total. The predicted molar refractivity (Wildman–Crippen MR) is 116 cm³/mol. The largest absolute Gasteiger partial charge is 0.497 e. The minimum absolute atomic E-state index is 0.0376. The Morgan fingerprint density at radius 3 is 2.59 bits per heavy atom. The summed E-state index contributed by atoms with van der Waals surface area (Å²) in [5.74, 6) is 1.15. The smallest absolute Gasteiger partial charge is 0.272 e. The van der Waals surface area contributed by atoms with Crippen molar-refractivity contribution >= 4 is 23.2 Å². The zero-order valence-corrected chi connectivity index (χ0v) is 18.3. The van der Waals surface area contributed by atoms with Crippen LogP contribution in [0, 0.1) is 10.1 Å². The van der Waals surface area contributed by atoms with E-state index in [1.54, 1.807) is 44.7 Å². The van der Waals surface area contributed by atoms with Gasteiger partial charge in [-0.15, -0.1) is 0 Å². The van der Waals surface area contributed by atoms with Crippen molar-refractivity contribution in [1.29, 1.82) is 0 Å². The molecular formula is C21H21ClN4O6. The Kier molecular flexibility index (Phi) is 7.16. The number of benzene rings is 2. The van der Waals surface area contributed by atoms with E-state index < -0.39 is 4.92 Å². The number of non-ortho nitro benzene ring substituents is 1. The van der Waals surface area contributed by atoms with Crippen molar-refractivity contribution < 1.29 is 23.9 Å². The number of ether oxygens (including phenoxy) is 3. The molecule has 2 aromatic carbocycles. The van der Waals surface area contributed by atoms with Gasteiger partial charge >= 0.3 is 0 Å². The Labute approximate surface area is 188 Å². The Bertz CT molecular complexity index is 1130. The van der Waals surface area contributed by atoms with E-state index in [4.69, 9.17) is 25.8 Å². The zero-order chi connectivity index (χ0) is 23.3. The number of rotatable bonds is 9. The van der Waals surface area contributed by atoms with Gasteiger partial charge in [-0.25, -0.2) is 4.68 Å². The highest BCUT2D eigenvalue weighted by atomic mass is 35.5. The van der Waals surface area contributed by atoms with Crippen molar-refractivity contribution in [3.63, 3.8) is 0 Å². The number of carbonyl (C=O) groups is 1. The number of halogens is 1. The first kappa shape index (κ1) is 22.9. The zero-order valence-electron chi connectivity index (χ0n) is 17.6. The van der Waals surface area contributed by atoms with Gasteiger partial charge in [-0.3, -0.25) is 14.9 Å². The summed E-state index contributed by atoms with van der Waals surface area (Å²) < 4.78 is 17.6. The van der Waals surface area contributed by atoms with E-state index in [0.717, 1.165) is 5.56 Å². The summed E-state index contributed by atoms with van der Waals surface area (Å²) in [5, 5.41) is 18.0. The highest BCUT2D eigenvalue weighted by Crippen LogP contribution is 2.30. The quantitative estimate of drug-likeness (QED) is 0.379. The molecule has 0 saturated heterocycles. The standard InChI is InChI=1S/C21H21ClN4O6/c1-13(16-11-15(30-2)5-7-19(16)31-3)23-21(27)18-8-9-25(24-18)12-32-20-6-4-14(26(28)29)10-17(20)22/h4-11,13H,12H2,1-3H3,(H,23,27). The van der Waals surface area contributed by atoms with Gasteiger partial charge in [0.2, 0.25) is 0 Å². The highest BCUT2D eigenvalue weighted by molar-refractivity contribution is 6.32. The van der Waals surface area contributed by atoms with Gasteiger partial charge in [-0.05, 0) is 37.3 Å². The molecule has 0 aliphatic rings. The van der Waals surface area contributed by atoms with Crippen LogP contribution in [0.2, 0.25) is 5.02 Å². The van der Waals surface area contributed by atoms with Gasteiger partial charge in [0, 0.05) is 23.9 Å². The van der Waals surface area contributed by atoms with E-state index in [2.05, 4.69) is 10.4 Å². The van der Waals surface area contributed by atoms with Gasteiger partial charge in [0.05, 0.1) is 30.2 Å². The lowest BCUT2D eigenvalue weighted by Gasteiger charge is -2.17. The Morgan fingerprint density at radius 1 is 1.19 bits per heavy atom. The van der Waals surface area contributed by atoms with E-state index in [1.165, 1.54) is 22.9 Å². The van der Waals surface area contributed by atoms with E-state index in [-0.39, 0.29) is 40.8 Å². The van der Waals surface area contributed by atoms with Crippen molar-refractivity contribution in [2.24, 2.45) is 0 Å². The molecule has 0 aliphatic carbocycles. The molecule has 168 valence electrons. The number of aromatic nitrogens is 2. The number of hydrogen-bond donors (Lipinski definition) is 1. The van der Waals surface area contributed by atoms with Crippen LogP contribution in [-0.2, 0) is 6.73 Å². The van der Waals surface area contributed by atoms with Crippen molar-refractivity contribution in [3.05, 3.63) is 75.1 Å². The van der Waals surface area contributed by atoms with E-state index in [1.807, 2.05) is 6.92 Å². The number of nitro benzene ring substituents is 1. The molecule has 32 heavy (non-hydrogen) atoms. The summed E-state index contributed by atoms with van der Waals surface area (Å²) in [6, 6.07) is 10.4. The van der Waals surface area contributed by atoms with E-state index in [0.29, 0.717) is 11.5 Å². The molecule has 1 amide bonds. The van der Waals surface area contributed by atoms with Gasteiger partial charge in [0.1, 0.15) is 22.9 Å². The van der Waals surface area contributed by atoms with Gasteiger partial charge in [-0.2, -0.15) is 5.10 Å². The molecule has 3 rings (SSSR count). The maximum atomic E-state index is 12.6. The molecule has 0 fully saturated rings. The third-order valence-corrected chi connectivity index (χ3v) is 4.90. The molecule has 0 aliphatic heterocycles. The normalized spacial score (nSPS) is 11.5. The fraction of sp³-hybridized carbons (Fsp3) is 0.238. The lowest BCUT2D eigenvalue weighted by Crippen LogP contribution is -2.27. The summed E-state index contributed by atoms with van der Waals surface area (Å²) in [6.45, 7) is 1.79. The van der Waals surface area contributed by atoms with Gasteiger partial charge in [0.15, 0.2) is 6.73 Å². The Morgan fingerprint density at radius 2 is 1.94 bits per heavy atom. The summed E-state index contributed by atoms with van der Waals surface area (Å²) in [6.07, 6.45) is 1.57. The van der Waals surface area contributed by atoms with Crippen LogP contribution in [0.5, 0.6) is 17.2 Å². The minimum atomic E-state index is -0.545. The van der Waals surface area contributed by atoms with Crippen LogP contribution in [0.3, 0.4) is 0 Å². The second-order valence-corrected chi connectivity index (χ2v) is 7.10. The van der Waals surface area contributed by atoms with Crippen molar-refractivity contribution in [3.8, 4) is 17.2 Å². The Balaban J connectivity index is 1.64. The lowest BCUT2D eigenvalue weighted by molar-refractivity contribution is -0.384. The van der Waals surface area contributed by atoms with Crippen LogP contribution < -0.4 is 19.5 Å². The molecule has 1 heterocycles. The van der Waals surface area contributed by atoms with Crippen LogP contribution in [0.1, 0.15) is 29.0 Å². The summed E-state index contributed by atoms with van der Waals surface area (Å²) in [4.78, 5) is 22.9. The topological polar surface area (TPSA) is 118 Å². The molecule has 11 heteroatoms. The molecule has 1 N–H and O–H groups in total. The first-order chi connectivity index (χ1) is 15.3. The molecule has 0 bridgehead atoms. The van der Waals surface area contributed by atoms with Crippen LogP contribution in [0.4, 0.5) is 5.69 Å². The number of methoxy groups -OCH3 is 2. The molecule has 1 atom stereocenters. The molecule has 0 radical (unpaired) electrons. The highest BCUT2D eigenvalue weighted by Gasteiger charge is 2.18. The average Bonchev–Trinajstić information content (AvgIpc) is 3.26. The van der Waals surface area contributed by atoms with Crippen LogP contribution in [0.25, 0.3) is 0 Å². The molecule has 3 aromatic rings. The molecule has 1 aromatic heterocycles. The average molecular weight is 461 g/mol. The van der Waals surface area contributed by atoms with Crippen LogP contribution in [-0.4, -0.2) is 34.8 Å². The molecule has 0 saturated carbocycles. The first-order valence-corrected chi connectivity index (χ1v) is 9.83. The van der Waals surface area contributed by atoms with Crippen molar-refractivity contribution in [1.82, 2.24) is 15.1 Å². The van der Waals surface area contributed by atoms with Crippen molar-refractivity contribution in [2.75, 3.05) is 14.2 Å². The number of nitrogens with zero attached hydrogens (tertiary/aromatic N) is 3. The second kappa shape index (κ2) is 10.0. The predicted octanol–water partition coefficient (Wildman–Crippen LogP) is 3.99. The lowest BCUT2D eigenvalue weighted by atomic mass is 10.1. The summed E-state index contributed by atoms with van der Waals surface area (Å²) in [7, 11) is 3.12. The third-order valence-electron chi connectivity index (χ3n) is 4.60. The van der Waals surface area contributed by atoms with Crippen molar-refractivity contribution in [2.45, 2.75) is 19.7 Å². The van der Waals surface area contributed by atoms with Crippen LogP contribution in [0.15, 0.2) is 48.7 Å². The maximum Gasteiger partial charge on any atom is 0.272 e. The third kappa shape index (κ3) is 5.27. The SMILES string of the molecule is COc1ccc(OC)c(C(C)NC(=O)c2ccn(COc3ccc([N+](=O)[O-])cc3Cl)n2)c1. The Hall–Kier alpha value is -3.79. The van der Waals surface area contributed by atoms with E-state index >= 15 is 0 Å². The summed E-state index contributed by atoms with van der Waals surface area (Å²) in [5.41, 5.74) is 0.815. The van der Waals surface area contributed by atoms with E-state index in [9.17, 15) is 14.9 Å². The second-order valence-electron chi connectivity index (χ2n) is 6.69. The number of nitro groups is 1. The molecular weight excluding hydrogens is 440 g/mol. The first-order valence-electron chi connectivity index (χ1n) is 9.45. The molecule has 1 unspecified atom stereocenters. The minimum Gasteiger partial charge on any atom is -0.497 e. The summed E-state index contributed by atoms with van der Waals surface area (Å²) >= 11 is 6.01. The number of nitrogens with one attached hydrogen (secondary N) is 1. The number of hydrogen-bond acceptors (Lipinski definition) is 7. The fourth-order valence-corrected chi connectivity index (χ4v) is 3.17. The van der Waals surface area contributed by atoms with Gasteiger partial charge in [-0.1, -0.05) is 11.6 Å². The van der Waals surface area contributed by atoms with Gasteiger partial charge in [0.25, 0.3) is 11.6 Å². The fourth-order valence-electron chi connectivity index (χ4n) is 2.94. The monoisotopic (exact) mass is 460 g/mol. The van der Waals surface area contributed by atoms with Crippen LogP contribution >= 0.6 is 11.6 Å². The number of carbonyl (C=O) groups excluding carboxylic acids is 1. The van der Waals surface area contributed by atoms with Gasteiger partial charge < -0.3 is 19.5 Å². The molecule has 0 spiro atoms. The maximum absolute atomic E-state index is 12.6.